The Morgan fingerprint density at radius 2 is 2.33 bits per heavy atom. The fourth-order valence-electron chi connectivity index (χ4n) is 3.14. The molecule has 1 aliphatic rings. The van der Waals surface area contributed by atoms with Crippen molar-refractivity contribution in [1.82, 2.24) is 10.3 Å². The molecule has 1 aromatic rings. The first-order valence-electron chi connectivity index (χ1n) is 7.44. The van der Waals surface area contributed by atoms with Crippen LogP contribution in [0.4, 0.5) is 0 Å². The molecule has 3 heteroatoms. The number of nitrogens with zero attached hydrogens (tertiary/aromatic N) is 1. The summed E-state index contributed by atoms with van der Waals surface area (Å²) in [4.78, 5) is 5.64. The molecule has 2 nitrogen and oxygen atoms in total. The SMILES string of the molecule is CCCNC(Cc1cncs1)C1CCC(CC)C1. The van der Waals surface area contributed by atoms with E-state index in [1.807, 2.05) is 11.7 Å². The predicted octanol–water partition coefficient (Wildman–Crippen LogP) is 3.88. The van der Waals surface area contributed by atoms with Gasteiger partial charge in [-0.25, -0.2) is 0 Å². The standard InChI is InChI=1S/C15H26N2S/c1-3-7-17-15(9-14-10-16-11-18-14)13-6-5-12(4-2)8-13/h10-13,15,17H,3-9H2,1-2H3. The molecule has 0 saturated heterocycles. The monoisotopic (exact) mass is 266 g/mol. The molecule has 0 radical (unpaired) electrons. The quantitative estimate of drug-likeness (QED) is 0.810. The molecular formula is C15H26N2S. The van der Waals surface area contributed by atoms with E-state index in [1.165, 1.54) is 43.4 Å². The van der Waals surface area contributed by atoms with Crippen LogP contribution in [0.3, 0.4) is 0 Å². The van der Waals surface area contributed by atoms with E-state index in [0.717, 1.165) is 18.4 Å². The Kier molecular flexibility index (Phi) is 5.64. The van der Waals surface area contributed by atoms with Gasteiger partial charge < -0.3 is 5.32 Å². The summed E-state index contributed by atoms with van der Waals surface area (Å²) in [5.41, 5.74) is 1.95. The molecule has 18 heavy (non-hydrogen) atoms. The molecule has 1 N–H and O–H groups in total. The van der Waals surface area contributed by atoms with Gasteiger partial charge in [0.05, 0.1) is 5.51 Å². The van der Waals surface area contributed by atoms with Gasteiger partial charge in [-0.15, -0.1) is 11.3 Å². The van der Waals surface area contributed by atoms with Gasteiger partial charge in [0, 0.05) is 17.1 Å². The first-order valence-corrected chi connectivity index (χ1v) is 8.32. The van der Waals surface area contributed by atoms with Crippen LogP contribution in [0, 0.1) is 11.8 Å². The minimum absolute atomic E-state index is 0.668. The van der Waals surface area contributed by atoms with Gasteiger partial charge in [-0.3, -0.25) is 4.98 Å². The summed E-state index contributed by atoms with van der Waals surface area (Å²) < 4.78 is 0. The normalized spacial score (nSPS) is 25.4. The highest BCUT2D eigenvalue weighted by atomic mass is 32.1. The van der Waals surface area contributed by atoms with Crippen LogP contribution in [0.5, 0.6) is 0 Å². The molecule has 0 bridgehead atoms. The Hall–Kier alpha value is -0.410. The van der Waals surface area contributed by atoms with Crippen molar-refractivity contribution in [3.63, 3.8) is 0 Å². The lowest BCUT2D eigenvalue weighted by Crippen LogP contribution is -2.37. The van der Waals surface area contributed by atoms with Gasteiger partial charge in [-0.2, -0.15) is 0 Å². The summed E-state index contributed by atoms with van der Waals surface area (Å²) in [6.07, 6.45) is 10.1. The molecule has 3 unspecified atom stereocenters. The van der Waals surface area contributed by atoms with E-state index in [-0.39, 0.29) is 0 Å². The molecule has 102 valence electrons. The molecule has 1 saturated carbocycles. The number of hydrogen-bond acceptors (Lipinski definition) is 3. The summed E-state index contributed by atoms with van der Waals surface area (Å²) in [6, 6.07) is 0.668. The van der Waals surface area contributed by atoms with Gasteiger partial charge >= 0.3 is 0 Å². The number of thiazole rings is 1. The summed E-state index contributed by atoms with van der Waals surface area (Å²) in [5, 5.41) is 3.77. The van der Waals surface area contributed by atoms with Crippen LogP contribution in [-0.2, 0) is 6.42 Å². The van der Waals surface area contributed by atoms with E-state index >= 15 is 0 Å². The van der Waals surface area contributed by atoms with Crippen molar-refractivity contribution in [3.8, 4) is 0 Å². The zero-order valence-corrected chi connectivity index (χ0v) is 12.5. The molecule has 1 aromatic heterocycles. The third kappa shape index (κ3) is 3.79. The summed E-state index contributed by atoms with van der Waals surface area (Å²) >= 11 is 1.80. The van der Waals surface area contributed by atoms with Gasteiger partial charge in [0.2, 0.25) is 0 Å². The van der Waals surface area contributed by atoms with Crippen molar-refractivity contribution >= 4 is 11.3 Å². The van der Waals surface area contributed by atoms with Crippen LogP contribution in [0.15, 0.2) is 11.7 Å². The van der Waals surface area contributed by atoms with E-state index in [9.17, 15) is 0 Å². The van der Waals surface area contributed by atoms with E-state index in [1.54, 1.807) is 11.3 Å². The molecule has 1 aliphatic carbocycles. The molecule has 1 fully saturated rings. The van der Waals surface area contributed by atoms with Gasteiger partial charge in [-0.1, -0.05) is 26.7 Å². The Morgan fingerprint density at radius 3 is 2.94 bits per heavy atom. The lowest BCUT2D eigenvalue weighted by atomic mass is 9.93. The smallest absolute Gasteiger partial charge is 0.0794 e. The summed E-state index contributed by atoms with van der Waals surface area (Å²) in [5.74, 6) is 1.85. The third-order valence-electron chi connectivity index (χ3n) is 4.29. The minimum Gasteiger partial charge on any atom is -0.313 e. The Morgan fingerprint density at radius 1 is 1.44 bits per heavy atom. The van der Waals surface area contributed by atoms with Crippen LogP contribution in [0.2, 0.25) is 0 Å². The van der Waals surface area contributed by atoms with Crippen LogP contribution in [-0.4, -0.2) is 17.6 Å². The predicted molar refractivity (Wildman–Crippen MR) is 79.0 cm³/mol. The first-order chi connectivity index (χ1) is 8.83. The van der Waals surface area contributed by atoms with Crippen molar-refractivity contribution < 1.29 is 0 Å². The minimum atomic E-state index is 0.668. The third-order valence-corrected chi connectivity index (χ3v) is 5.09. The average Bonchev–Trinajstić information content (AvgIpc) is 3.05. The van der Waals surface area contributed by atoms with Gasteiger partial charge in [0.25, 0.3) is 0 Å². The van der Waals surface area contributed by atoms with Crippen molar-refractivity contribution in [2.45, 2.75) is 58.4 Å². The van der Waals surface area contributed by atoms with Crippen LogP contribution < -0.4 is 5.32 Å². The van der Waals surface area contributed by atoms with E-state index < -0.39 is 0 Å². The molecule has 3 atom stereocenters. The largest absolute Gasteiger partial charge is 0.313 e. The second-order valence-electron chi connectivity index (χ2n) is 5.58. The Bertz CT molecular complexity index is 323. The summed E-state index contributed by atoms with van der Waals surface area (Å²) in [6.45, 7) is 5.74. The topological polar surface area (TPSA) is 24.9 Å². The van der Waals surface area contributed by atoms with E-state index in [2.05, 4.69) is 24.1 Å². The second-order valence-corrected chi connectivity index (χ2v) is 6.55. The lowest BCUT2D eigenvalue weighted by Gasteiger charge is -2.24. The fourth-order valence-corrected chi connectivity index (χ4v) is 3.80. The van der Waals surface area contributed by atoms with Gasteiger partial charge in [0.15, 0.2) is 0 Å². The maximum atomic E-state index is 4.20. The highest BCUT2D eigenvalue weighted by molar-refractivity contribution is 7.09. The first kappa shape index (κ1) is 14.0. The highest BCUT2D eigenvalue weighted by Crippen LogP contribution is 2.36. The molecule has 0 spiro atoms. The zero-order valence-electron chi connectivity index (χ0n) is 11.7. The Labute approximate surface area is 115 Å². The van der Waals surface area contributed by atoms with Crippen LogP contribution in [0.1, 0.15) is 50.8 Å². The van der Waals surface area contributed by atoms with Crippen molar-refractivity contribution in [2.75, 3.05) is 6.54 Å². The van der Waals surface area contributed by atoms with Crippen LogP contribution >= 0.6 is 11.3 Å². The second kappa shape index (κ2) is 7.25. The fraction of sp³-hybridized carbons (Fsp3) is 0.800. The molecular weight excluding hydrogens is 240 g/mol. The number of aromatic nitrogens is 1. The highest BCUT2D eigenvalue weighted by Gasteiger charge is 2.29. The number of nitrogens with one attached hydrogen (secondary N) is 1. The van der Waals surface area contributed by atoms with Gasteiger partial charge in [0.1, 0.15) is 0 Å². The maximum absolute atomic E-state index is 4.20. The van der Waals surface area contributed by atoms with Gasteiger partial charge in [-0.05, 0) is 44.1 Å². The van der Waals surface area contributed by atoms with Crippen LogP contribution in [0.25, 0.3) is 0 Å². The molecule has 0 aromatic carbocycles. The average molecular weight is 266 g/mol. The number of hydrogen-bond donors (Lipinski definition) is 1. The van der Waals surface area contributed by atoms with E-state index in [0.29, 0.717) is 6.04 Å². The number of rotatable bonds is 7. The molecule has 0 amide bonds. The van der Waals surface area contributed by atoms with Crippen molar-refractivity contribution in [2.24, 2.45) is 11.8 Å². The maximum Gasteiger partial charge on any atom is 0.0794 e. The molecule has 2 rings (SSSR count). The zero-order chi connectivity index (χ0) is 12.8. The van der Waals surface area contributed by atoms with Crippen molar-refractivity contribution in [1.29, 1.82) is 0 Å². The Balaban J connectivity index is 1.92. The molecule has 0 aliphatic heterocycles. The summed E-state index contributed by atoms with van der Waals surface area (Å²) in [7, 11) is 0. The van der Waals surface area contributed by atoms with E-state index in [4.69, 9.17) is 0 Å². The molecule has 1 heterocycles. The lowest BCUT2D eigenvalue weighted by molar-refractivity contribution is 0.345. The van der Waals surface area contributed by atoms with Crippen molar-refractivity contribution in [3.05, 3.63) is 16.6 Å².